The molecule has 0 saturated carbocycles. The summed E-state index contributed by atoms with van der Waals surface area (Å²) in [6.45, 7) is 2.35. The van der Waals surface area contributed by atoms with Gasteiger partial charge in [-0.1, -0.05) is 0 Å². The summed E-state index contributed by atoms with van der Waals surface area (Å²) in [5.74, 6) is -5.09. The topological polar surface area (TPSA) is 66.5 Å². The van der Waals surface area contributed by atoms with Crippen molar-refractivity contribution in [3.8, 4) is 0 Å². The number of likely N-dealkylation sites (tertiary alicyclic amines) is 1. The molecular formula is C11H13F3N2O3. The van der Waals surface area contributed by atoms with Gasteiger partial charge in [0.25, 0.3) is 0 Å². The Hall–Kier alpha value is -1.44. The first-order valence-electron chi connectivity index (χ1n) is 5.68. The summed E-state index contributed by atoms with van der Waals surface area (Å²) in [5.41, 5.74) is -1.66. The van der Waals surface area contributed by atoms with E-state index in [1.54, 1.807) is 0 Å². The molecule has 2 heterocycles. The highest BCUT2D eigenvalue weighted by atomic mass is 19.4. The van der Waals surface area contributed by atoms with Crippen molar-refractivity contribution in [1.82, 2.24) is 10.2 Å². The third-order valence-corrected chi connectivity index (χ3v) is 4.09. The Morgan fingerprint density at radius 3 is 2.26 bits per heavy atom. The van der Waals surface area contributed by atoms with Crippen LogP contribution in [0.1, 0.15) is 13.8 Å². The number of ketones is 1. The highest BCUT2D eigenvalue weighted by Gasteiger charge is 2.69. The summed E-state index contributed by atoms with van der Waals surface area (Å²) < 4.78 is 38.9. The highest BCUT2D eigenvalue weighted by molar-refractivity contribution is 6.09. The number of nitrogens with one attached hydrogen (secondary N) is 1. The fraction of sp³-hybridized carbons (Fsp3) is 0.727. The molecule has 2 amide bonds. The number of carbonyl (C=O) groups is 3. The Labute approximate surface area is 107 Å². The third kappa shape index (κ3) is 1.69. The van der Waals surface area contributed by atoms with Crippen molar-refractivity contribution in [2.45, 2.75) is 31.6 Å². The second-order valence-corrected chi connectivity index (χ2v) is 5.16. The molecule has 0 aliphatic carbocycles. The van der Waals surface area contributed by atoms with E-state index in [0.29, 0.717) is 4.90 Å². The van der Waals surface area contributed by atoms with Gasteiger partial charge in [-0.05, 0) is 13.8 Å². The number of nitrogens with zero attached hydrogens (tertiary/aromatic N) is 1. The summed E-state index contributed by atoms with van der Waals surface area (Å²) in [6, 6.07) is -2.17. The third-order valence-electron chi connectivity index (χ3n) is 4.09. The first-order valence-corrected chi connectivity index (χ1v) is 5.68. The van der Waals surface area contributed by atoms with E-state index in [0.717, 1.165) is 14.0 Å². The lowest BCUT2D eigenvalue weighted by atomic mass is 9.79. The Morgan fingerprint density at radius 1 is 1.32 bits per heavy atom. The van der Waals surface area contributed by atoms with Gasteiger partial charge in [0.1, 0.15) is 11.8 Å². The number of imide groups is 1. The normalized spacial score (nSPS) is 38.8. The van der Waals surface area contributed by atoms with E-state index < -0.39 is 47.2 Å². The molecule has 4 atom stereocenters. The molecule has 19 heavy (non-hydrogen) atoms. The van der Waals surface area contributed by atoms with Gasteiger partial charge in [0, 0.05) is 7.05 Å². The molecule has 0 bridgehead atoms. The van der Waals surface area contributed by atoms with E-state index in [2.05, 4.69) is 5.32 Å². The molecule has 8 heteroatoms. The lowest BCUT2D eigenvalue weighted by molar-refractivity contribution is -0.169. The zero-order valence-electron chi connectivity index (χ0n) is 10.5. The summed E-state index contributed by atoms with van der Waals surface area (Å²) in [4.78, 5) is 36.1. The molecule has 0 aromatic heterocycles. The van der Waals surface area contributed by atoms with Crippen LogP contribution in [-0.2, 0) is 14.4 Å². The van der Waals surface area contributed by atoms with Crippen LogP contribution in [0.3, 0.4) is 0 Å². The quantitative estimate of drug-likeness (QED) is 0.691. The number of hydrogen-bond acceptors (Lipinski definition) is 4. The molecule has 0 unspecified atom stereocenters. The van der Waals surface area contributed by atoms with Gasteiger partial charge in [-0.2, -0.15) is 13.2 Å². The molecule has 0 radical (unpaired) electrons. The fourth-order valence-corrected chi connectivity index (χ4v) is 2.89. The average Bonchev–Trinajstić information content (AvgIpc) is 2.70. The minimum atomic E-state index is -4.70. The SMILES string of the molecule is CC(=O)[C@@]1(C)N[C@@H](C(F)(F)F)[C@H]2C(=O)N(C)C(=O)[C@H]21. The molecule has 2 aliphatic heterocycles. The van der Waals surface area contributed by atoms with Gasteiger partial charge in [0.2, 0.25) is 11.8 Å². The van der Waals surface area contributed by atoms with E-state index in [1.165, 1.54) is 6.92 Å². The standard InChI is InChI=1S/C11H13F3N2O3/c1-4(17)10(2)6-5(7(15-10)11(12,13)14)8(18)16(3)9(6)19/h5-7,15H,1-3H3/t5-,6-,7+,10+/m0/s1. The maximum Gasteiger partial charge on any atom is 0.404 e. The minimum Gasteiger partial charge on any atom is -0.298 e. The van der Waals surface area contributed by atoms with Gasteiger partial charge in [-0.3, -0.25) is 24.6 Å². The second-order valence-electron chi connectivity index (χ2n) is 5.16. The number of halogens is 3. The summed E-state index contributed by atoms with van der Waals surface area (Å²) in [5, 5.41) is 2.15. The van der Waals surface area contributed by atoms with Gasteiger partial charge >= 0.3 is 6.18 Å². The van der Waals surface area contributed by atoms with E-state index in [-0.39, 0.29) is 0 Å². The Kier molecular flexibility index (Phi) is 2.78. The first-order chi connectivity index (χ1) is 8.51. The maximum atomic E-state index is 13.0. The lowest BCUT2D eigenvalue weighted by Gasteiger charge is -2.28. The van der Waals surface area contributed by atoms with Gasteiger partial charge in [-0.15, -0.1) is 0 Å². The highest BCUT2D eigenvalue weighted by Crippen LogP contribution is 2.47. The van der Waals surface area contributed by atoms with Crippen molar-refractivity contribution in [3.05, 3.63) is 0 Å². The number of carbonyl (C=O) groups excluding carboxylic acids is 3. The second kappa shape index (κ2) is 3.78. The number of alkyl halides is 3. The van der Waals surface area contributed by atoms with E-state index in [4.69, 9.17) is 0 Å². The van der Waals surface area contributed by atoms with Crippen molar-refractivity contribution in [2.75, 3.05) is 7.05 Å². The molecule has 0 aromatic rings. The van der Waals surface area contributed by atoms with E-state index in [9.17, 15) is 27.6 Å². The number of rotatable bonds is 1. The van der Waals surface area contributed by atoms with Crippen LogP contribution < -0.4 is 5.32 Å². The molecule has 2 saturated heterocycles. The molecule has 5 nitrogen and oxygen atoms in total. The Bertz CT molecular complexity index is 476. The van der Waals surface area contributed by atoms with E-state index >= 15 is 0 Å². The Morgan fingerprint density at radius 2 is 1.84 bits per heavy atom. The van der Waals surface area contributed by atoms with Crippen LogP contribution in [-0.4, -0.2) is 47.3 Å². The molecular weight excluding hydrogens is 265 g/mol. The van der Waals surface area contributed by atoms with Crippen molar-refractivity contribution in [2.24, 2.45) is 11.8 Å². The number of hydrogen-bond donors (Lipinski definition) is 1. The molecule has 1 N–H and O–H groups in total. The number of fused-ring (bicyclic) bond motifs is 1. The van der Waals surface area contributed by atoms with Crippen LogP contribution in [0.2, 0.25) is 0 Å². The summed E-state index contributed by atoms with van der Waals surface area (Å²) >= 11 is 0. The van der Waals surface area contributed by atoms with E-state index in [1.807, 2.05) is 0 Å². The maximum absolute atomic E-state index is 13.0. The molecule has 106 valence electrons. The van der Waals surface area contributed by atoms with Crippen LogP contribution in [0.15, 0.2) is 0 Å². The zero-order valence-corrected chi connectivity index (χ0v) is 10.5. The Balaban J connectivity index is 2.54. The molecule has 0 aromatic carbocycles. The van der Waals surface area contributed by atoms with Crippen LogP contribution in [0.4, 0.5) is 13.2 Å². The largest absolute Gasteiger partial charge is 0.404 e. The molecule has 2 rings (SSSR count). The molecule has 0 spiro atoms. The van der Waals surface area contributed by atoms with Crippen molar-refractivity contribution in [1.29, 1.82) is 0 Å². The van der Waals surface area contributed by atoms with Gasteiger partial charge in [0.05, 0.1) is 17.4 Å². The predicted octanol–water partition coefficient (Wildman–Crippen LogP) is 0.0992. The van der Waals surface area contributed by atoms with Crippen molar-refractivity contribution >= 4 is 17.6 Å². The predicted molar refractivity (Wildman–Crippen MR) is 56.8 cm³/mol. The smallest absolute Gasteiger partial charge is 0.298 e. The van der Waals surface area contributed by atoms with Crippen LogP contribution >= 0.6 is 0 Å². The minimum absolute atomic E-state index is 0.592. The van der Waals surface area contributed by atoms with Gasteiger partial charge in [-0.25, -0.2) is 0 Å². The van der Waals surface area contributed by atoms with Crippen LogP contribution in [0.25, 0.3) is 0 Å². The monoisotopic (exact) mass is 278 g/mol. The number of Topliss-reactive ketones (excluding diaryl/α,β-unsaturated/α-hetero) is 1. The van der Waals surface area contributed by atoms with Gasteiger partial charge < -0.3 is 0 Å². The average molecular weight is 278 g/mol. The van der Waals surface area contributed by atoms with Crippen LogP contribution in [0.5, 0.6) is 0 Å². The zero-order chi connectivity index (χ0) is 14.7. The summed E-state index contributed by atoms with van der Waals surface area (Å²) in [7, 11) is 1.14. The molecule has 2 aliphatic rings. The fourth-order valence-electron chi connectivity index (χ4n) is 2.89. The van der Waals surface area contributed by atoms with Gasteiger partial charge in [0.15, 0.2) is 0 Å². The lowest BCUT2D eigenvalue weighted by Crippen LogP contribution is -2.56. The van der Waals surface area contributed by atoms with Crippen molar-refractivity contribution < 1.29 is 27.6 Å². The number of amides is 2. The molecule has 2 fully saturated rings. The summed E-state index contributed by atoms with van der Waals surface area (Å²) in [6.07, 6.45) is -4.70. The van der Waals surface area contributed by atoms with Crippen molar-refractivity contribution in [3.63, 3.8) is 0 Å². The first kappa shape index (κ1) is 14.0. The van der Waals surface area contributed by atoms with Crippen LogP contribution in [0, 0.1) is 11.8 Å².